The van der Waals surface area contributed by atoms with Crippen LogP contribution in [0, 0.1) is 5.92 Å². The second-order valence-corrected chi connectivity index (χ2v) is 9.12. The van der Waals surface area contributed by atoms with Gasteiger partial charge < -0.3 is 10.4 Å². The van der Waals surface area contributed by atoms with E-state index >= 15 is 0 Å². The van der Waals surface area contributed by atoms with Crippen LogP contribution in [-0.2, 0) is 14.4 Å². The van der Waals surface area contributed by atoms with E-state index in [2.05, 4.69) is 10.6 Å². The van der Waals surface area contributed by atoms with Crippen molar-refractivity contribution in [2.75, 3.05) is 5.32 Å². The van der Waals surface area contributed by atoms with Crippen LogP contribution in [0.3, 0.4) is 0 Å². The lowest BCUT2D eigenvalue weighted by molar-refractivity contribution is -0.142. The van der Waals surface area contributed by atoms with Crippen molar-refractivity contribution in [3.63, 3.8) is 0 Å². The molecule has 1 unspecified atom stereocenters. The van der Waals surface area contributed by atoms with Gasteiger partial charge in [-0.1, -0.05) is 31.7 Å². The molecule has 3 N–H and O–H groups in total. The third-order valence-electron chi connectivity index (χ3n) is 6.89. The van der Waals surface area contributed by atoms with E-state index in [-0.39, 0.29) is 35.9 Å². The Labute approximate surface area is 191 Å². The highest BCUT2D eigenvalue weighted by Gasteiger charge is 2.45. The summed E-state index contributed by atoms with van der Waals surface area (Å²) in [6.45, 7) is 0. The molecule has 4 amide bonds. The van der Waals surface area contributed by atoms with Gasteiger partial charge >= 0.3 is 5.97 Å². The number of carbonyl (C=O) groups excluding carboxylic acids is 4. The largest absolute Gasteiger partial charge is 0.481 e. The number of aliphatic carboxylic acids is 1. The van der Waals surface area contributed by atoms with Gasteiger partial charge in [0.2, 0.25) is 11.8 Å². The van der Waals surface area contributed by atoms with Crippen molar-refractivity contribution in [3.05, 3.63) is 29.3 Å². The van der Waals surface area contributed by atoms with Crippen LogP contribution in [0.5, 0.6) is 0 Å². The van der Waals surface area contributed by atoms with Crippen molar-refractivity contribution in [1.82, 2.24) is 10.2 Å². The number of nitrogens with one attached hydrogen (secondary N) is 2. The number of anilines is 1. The Balaban J connectivity index is 1.49. The topological polar surface area (TPSA) is 133 Å². The predicted molar refractivity (Wildman–Crippen MR) is 119 cm³/mol. The van der Waals surface area contributed by atoms with E-state index in [1.807, 2.05) is 0 Å². The maximum Gasteiger partial charge on any atom is 0.306 e. The average Bonchev–Trinajstić information content (AvgIpc) is 3.03. The molecule has 2 fully saturated rings. The number of carboxylic acids is 1. The second-order valence-electron chi connectivity index (χ2n) is 9.12. The van der Waals surface area contributed by atoms with Gasteiger partial charge in [-0.3, -0.25) is 34.2 Å². The highest BCUT2D eigenvalue weighted by molar-refractivity contribution is 6.25. The van der Waals surface area contributed by atoms with Gasteiger partial charge in [-0.2, -0.15) is 0 Å². The fraction of sp³-hybridized carbons (Fsp3) is 0.542. The highest BCUT2D eigenvalue weighted by atomic mass is 16.4. The molecule has 9 nitrogen and oxygen atoms in total. The van der Waals surface area contributed by atoms with Gasteiger partial charge in [-0.25, -0.2) is 0 Å². The number of rotatable bonds is 4. The van der Waals surface area contributed by atoms with E-state index in [0.29, 0.717) is 18.5 Å². The van der Waals surface area contributed by atoms with E-state index in [9.17, 15) is 29.1 Å². The van der Waals surface area contributed by atoms with Crippen molar-refractivity contribution >= 4 is 35.3 Å². The van der Waals surface area contributed by atoms with Gasteiger partial charge in [0, 0.05) is 18.2 Å². The van der Waals surface area contributed by atoms with Crippen LogP contribution < -0.4 is 10.6 Å². The zero-order valence-electron chi connectivity index (χ0n) is 18.5. The molecule has 4 rings (SSSR count). The number of carboxylic acid groups (broad SMARTS) is 1. The van der Waals surface area contributed by atoms with Gasteiger partial charge in [0.25, 0.3) is 11.8 Å². The van der Waals surface area contributed by atoms with Crippen LogP contribution in [0.25, 0.3) is 0 Å². The minimum absolute atomic E-state index is 0.0831. The first-order valence-electron chi connectivity index (χ1n) is 11.7. The third-order valence-corrected chi connectivity index (χ3v) is 6.89. The molecule has 3 aliphatic rings. The molecule has 1 atom stereocenters. The fourth-order valence-corrected chi connectivity index (χ4v) is 5.10. The number of hydrogen-bond donors (Lipinski definition) is 3. The lowest BCUT2D eigenvalue weighted by Gasteiger charge is -2.28. The van der Waals surface area contributed by atoms with E-state index in [0.717, 1.165) is 43.4 Å². The Morgan fingerprint density at radius 1 is 0.939 bits per heavy atom. The molecule has 176 valence electrons. The molecule has 2 heterocycles. The average molecular weight is 456 g/mol. The van der Waals surface area contributed by atoms with Crippen molar-refractivity contribution in [2.24, 2.45) is 5.92 Å². The van der Waals surface area contributed by atoms with Crippen LogP contribution in [0.2, 0.25) is 0 Å². The lowest BCUT2D eigenvalue weighted by atomic mass is 9.90. The van der Waals surface area contributed by atoms with E-state index in [1.54, 1.807) is 18.2 Å². The number of nitrogens with zero attached hydrogens (tertiary/aromatic N) is 1. The maximum atomic E-state index is 13.3. The molecule has 0 radical (unpaired) electrons. The second kappa shape index (κ2) is 9.72. The molecule has 2 aliphatic heterocycles. The number of imide groups is 2. The summed E-state index contributed by atoms with van der Waals surface area (Å²) in [5, 5.41) is 15.0. The first-order chi connectivity index (χ1) is 15.9. The van der Waals surface area contributed by atoms with Crippen LogP contribution in [0.1, 0.15) is 84.9 Å². The van der Waals surface area contributed by atoms with Crippen LogP contribution >= 0.6 is 0 Å². The Kier molecular flexibility index (Phi) is 6.76. The van der Waals surface area contributed by atoms with Gasteiger partial charge in [0.05, 0.1) is 17.0 Å². The quantitative estimate of drug-likeness (QED) is 0.595. The molecule has 0 aromatic heterocycles. The Bertz CT molecular complexity index is 978. The molecule has 1 aliphatic carbocycles. The third kappa shape index (κ3) is 4.77. The van der Waals surface area contributed by atoms with Crippen molar-refractivity contribution in [3.8, 4) is 0 Å². The summed E-state index contributed by atoms with van der Waals surface area (Å²) in [7, 11) is 0. The Morgan fingerprint density at radius 3 is 2.24 bits per heavy atom. The highest BCUT2D eigenvalue weighted by Crippen LogP contribution is 2.33. The number of benzene rings is 1. The zero-order chi connectivity index (χ0) is 23.5. The molecule has 1 saturated heterocycles. The molecule has 0 spiro atoms. The van der Waals surface area contributed by atoms with E-state index < -0.39 is 35.6 Å². The first-order valence-corrected chi connectivity index (χ1v) is 11.7. The summed E-state index contributed by atoms with van der Waals surface area (Å²) in [6, 6.07) is 4.20. The number of carbonyl (C=O) groups is 5. The van der Waals surface area contributed by atoms with E-state index in [1.165, 1.54) is 0 Å². The van der Waals surface area contributed by atoms with Crippen molar-refractivity contribution in [2.45, 2.75) is 76.3 Å². The number of fused-ring (bicyclic) bond motifs is 1. The number of hydrogen-bond acceptors (Lipinski definition) is 6. The monoisotopic (exact) mass is 455 g/mol. The van der Waals surface area contributed by atoms with Gasteiger partial charge in [-0.15, -0.1) is 0 Å². The Hall–Kier alpha value is -3.23. The van der Waals surface area contributed by atoms with Crippen molar-refractivity contribution in [1.29, 1.82) is 0 Å². The minimum Gasteiger partial charge on any atom is -0.481 e. The van der Waals surface area contributed by atoms with Crippen LogP contribution in [0.4, 0.5) is 5.69 Å². The summed E-state index contributed by atoms with van der Waals surface area (Å²) in [5.74, 6) is -3.04. The van der Waals surface area contributed by atoms with Crippen LogP contribution in [0.15, 0.2) is 18.2 Å². The van der Waals surface area contributed by atoms with Crippen LogP contribution in [-0.4, -0.2) is 51.7 Å². The molecule has 1 saturated carbocycles. The maximum absolute atomic E-state index is 13.3. The fourth-order valence-electron chi connectivity index (χ4n) is 5.10. The smallest absolute Gasteiger partial charge is 0.306 e. The molecule has 0 bridgehead atoms. The number of piperidine rings is 1. The van der Waals surface area contributed by atoms with Gasteiger partial charge in [0.15, 0.2) is 0 Å². The first kappa shape index (κ1) is 22.9. The SMILES string of the molecule is O=C1CCC(N2C(=O)c3cccc(NC4CCCCC(C(=O)O)CCCC4)c3C2=O)C(=O)N1. The summed E-state index contributed by atoms with van der Waals surface area (Å²) >= 11 is 0. The lowest BCUT2D eigenvalue weighted by Crippen LogP contribution is -2.54. The summed E-state index contributed by atoms with van der Waals surface area (Å²) < 4.78 is 0. The molecule has 33 heavy (non-hydrogen) atoms. The Morgan fingerprint density at radius 2 is 1.61 bits per heavy atom. The minimum atomic E-state index is -0.987. The summed E-state index contributed by atoms with van der Waals surface area (Å²) in [5.41, 5.74) is 1.11. The summed E-state index contributed by atoms with van der Waals surface area (Å²) in [4.78, 5) is 62.4. The number of amides is 4. The summed E-state index contributed by atoms with van der Waals surface area (Å²) in [6.07, 6.45) is 6.68. The predicted octanol–water partition coefficient (Wildman–Crippen LogP) is 2.70. The zero-order valence-corrected chi connectivity index (χ0v) is 18.5. The molecule has 1 aromatic carbocycles. The normalized spacial score (nSPS) is 26.5. The van der Waals surface area contributed by atoms with Crippen molar-refractivity contribution < 1.29 is 29.1 Å². The molecular weight excluding hydrogens is 426 g/mol. The van der Waals surface area contributed by atoms with Gasteiger partial charge in [-0.05, 0) is 44.2 Å². The molecule has 1 aromatic rings. The standard InChI is InChI=1S/C24H29N3O6/c28-19-13-12-18(21(29)26-19)27-22(30)16-10-5-11-17(20(16)23(27)31)25-15-8-3-1-6-14(24(32)33)7-2-4-9-15/h5,10-11,14-15,18,25H,1-4,6-9,12-13H2,(H,32,33)(H,26,28,29). The van der Waals surface area contributed by atoms with E-state index in [4.69, 9.17) is 0 Å². The van der Waals surface area contributed by atoms with Gasteiger partial charge in [0.1, 0.15) is 6.04 Å². The molecule has 9 heteroatoms. The molecular formula is C24H29N3O6.